The number of piperidine rings is 1. The summed E-state index contributed by atoms with van der Waals surface area (Å²) in [6.07, 6.45) is 14.5. The molecule has 1 aromatic rings. The summed E-state index contributed by atoms with van der Waals surface area (Å²) < 4.78 is 2.41. The summed E-state index contributed by atoms with van der Waals surface area (Å²) >= 11 is 1.71. The van der Waals surface area contributed by atoms with Gasteiger partial charge in [0.15, 0.2) is 11.1 Å². The highest BCUT2D eigenvalue weighted by molar-refractivity contribution is 7.98. The van der Waals surface area contributed by atoms with E-state index in [2.05, 4.69) is 48.5 Å². The molecule has 1 unspecified atom stereocenters. The summed E-state index contributed by atoms with van der Waals surface area (Å²) in [7, 11) is 1.85. The number of aryl methyl sites for hydroxylation is 1. The van der Waals surface area contributed by atoms with Gasteiger partial charge in [0.05, 0.1) is 0 Å². The highest BCUT2D eigenvalue weighted by Gasteiger charge is 2.23. The fraction of sp³-hybridized carbons (Fsp3) is 0.864. The maximum Gasteiger partial charge on any atom is 0.191 e. The number of thioether (sulfide) groups is 1. The molecule has 0 radical (unpaired) electrons. The van der Waals surface area contributed by atoms with Gasteiger partial charge in [0.25, 0.3) is 0 Å². The fourth-order valence-corrected chi connectivity index (χ4v) is 5.37. The van der Waals surface area contributed by atoms with Gasteiger partial charge in [-0.15, -0.1) is 10.2 Å². The number of guanidine groups is 1. The molecule has 2 fully saturated rings. The van der Waals surface area contributed by atoms with Crippen LogP contribution in [-0.2, 0) is 6.42 Å². The number of aromatic nitrogens is 3. The van der Waals surface area contributed by atoms with Crippen molar-refractivity contribution in [1.29, 1.82) is 0 Å². The smallest absolute Gasteiger partial charge is 0.191 e. The average molecular weight is 436 g/mol. The number of aliphatic imine (C=N–C) groups is 1. The first-order chi connectivity index (χ1) is 14.7. The lowest BCUT2D eigenvalue weighted by atomic mass is 10.0. The molecule has 0 bridgehead atoms. The van der Waals surface area contributed by atoms with Gasteiger partial charge in [0.2, 0.25) is 0 Å². The average Bonchev–Trinajstić information content (AvgIpc) is 3.43. The van der Waals surface area contributed by atoms with Crippen molar-refractivity contribution in [3.8, 4) is 0 Å². The Labute approximate surface area is 186 Å². The Hall–Kier alpha value is -1.28. The summed E-state index contributed by atoms with van der Waals surface area (Å²) in [6.45, 7) is 6.67. The molecule has 1 atom stereocenters. The van der Waals surface area contributed by atoms with E-state index in [1.165, 1.54) is 58.0 Å². The number of hydrogen-bond acceptors (Lipinski definition) is 5. The van der Waals surface area contributed by atoms with Crippen molar-refractivity contribution in [2.24, 2.45) is 4.99 Å². The minimum atomic E-state index is 0.600. The van der Waals surface area contributed by atoms with E-state index < -0.39 is 0 Å². The maximum absolute atomic E-state index is 4.49. The van der Waals surface area contributed by atoms with Gasteiger partial charge >= 0.3 is 0 Å². The lowest BCUT2D eigenvalue weighted by Gasteiger charge is -2.33. The summed E-state index contributed by atoms with van der Waals surface area (Å²) in [4.78, 5) is 7.00. The van der Waals surface area contributed by atoms with Crippen LogP contribution in [0.5, 0.6) is 0 Å². The van der Waals surface area contributed by atoms with Crippen LogP contribution < -0.4 is 10.6 Å². The van der Waals surface area contributed by atoms with Crippen LogP contribution in [0.3, 0.4) is 0 Å². The number of nitrogens with zero attached hydrogens (tertiary/aromatic N) is 5. The van der Waals surface area contributed by atoms with E-state index in [1.54, 1.807) is 11.8 Å². The Kier molecular flexibility index (Phi) is 9.78. The molecule has 1 saturated heterocycles. The molecule has 7 nitrogen and oxygen atoms in total. The number of hydrogen-bond donors (Lipinski definition) is 2. The van der Waals surface area contributed by atoms with E-state index in [4.69, 9.17) is 0 Å². The second kappa shape index (κ2) is 12.5. The van der Waals surface area contributed by atoms with Gasteiger partial charge in [-0.1, -0.05) is 31.0 Å². The van der Waals surface area contributed by atoms with Crippen molar-refractivity contribution in [1.82, 2.24) is 30.3 Å². The number of likely N-dealkylation sites (tertiary alicyclic amines) is 1. The monoisotopic (exact) mass is 435 g/mol. The molecule has 3 rings (SSSR count). The molecular formula is C22H41N7S. The van der Waals surface area contributed by atoms with Crippen molar-refractivity contribution in [2.45, 2.75) is 88.4 Å². The quantitative estimate of drug-likeness (QED) is 0.254. The van der Waals surface area contributed by atoms with Crippen molar-refractivity contribution in [3.63, 3.8) is 0 Å². The van der Waals surface area contributed by atoms with Crippen LogP contribution in [0.15, 0.2) is 10.1 Å². The SMILES string of the molecule is CN=C(NCCCc1nnc(SC)n1C1CCCC1)NCCCN1CCCCC1C. The van der Waals surface area contributed by atoms with Gasteiger partial charge in [0, 0.05) is 45.2 Å². The second-order valence-electron chi connectivity index (χ2n) is 8.67. The third kappa shape index (κ3) is 6.61. The molecule has 30 heavy (non-hydrogen) atoms. The molecule has 1 aromatic heterocycles. The van der Waals surface area contributed by atoms with Crippen LogP contribution in [0.4, 0.5) is 0 Å². The van der Waals surface area contributed by atoms with Crippen molar-refractivity contribution in [2.75, 3.05) is 39.5 Å². The predicted octanol–water partition coefficient (Wildman–Crippen LogP) is 3.48. The van der Waals surface area contributed by atoms with Gasteiger partial charge in [-0.3, -0.25) is 4.99 Å². The minimum Gasteiger partial charge on any atom is -0.356 e. The van der Waals surface area contributed by atoms with E-state index in [-0.39, 0.29) is 0 Å². The predicted molar refractivity (Wildman–Crippen MR) is 126 cm³/mol. The molecule has 2 aliphatic rings. The van der Waals surface area contributed by atoms with E-state index in [0.29, 0.717) is 6.04 Å². The van der Waals surface area contributed by atoms with Crippen LogP contribution in [0.25, 0.3) is 0 Å². The summed E-state index contributed by atoms with van der Waals surface area (Å²) in [5, 5.41) is 16.9. The van der Waals surface area contributed by atoms with Crippen molar-refractivity contribution >= 4 is 17.7 Å². The van der Waals surface area contributed by atoms with Gasteiger partial charge in [-0.25, -0.2) is 0 Å². The Bertz CT molecular complexity index is 654. The Balaban J connectivity index is 1.34. The molecule has 2 heterocycles. The number of rotatable bonds is 10. The molecule has 0 aromatic carbocycles. The molecule has 1 aliphatic carbocycles. The molecule has 0 amide bonds. The molecule has 1 aliphatic heterocycles. The third-order valence-corrected chi connectivity index (χ3v) is 7.20. The van der Waals surface area contributed by atoms with Crippen LogP contribution in [-0.4, -0.2) is 71.1 Å². The molecular weight excluding hydrogens is 394 g/mol. The molecule has 2 N–H and O–H groups in total. The Morgan fingerprint density at radius 1 is 1.07 bits per heavy atom. The summed E-state index contributed by atoms with van der Waals surface area (Å²) in [5.74, 6) is 2.05. The lowest BCUT2D eigenvalue weighted by Crippen LogP contribution is -2.41. The van der Waals surface area contributed by atoms with Gasteiger partial charge in [-0.2, -0.15) is 0 Å². The highest BCUT2D eigenvalue weighted by atomic mass is 32.2. The first-order valence-corrected chi connectivity index (χ1v) is 13.1. The maximum atomic E-state index is 4.49. The topological polar surface area (TPSA) is 70.4 Å². The highest BCUT2D eigenvalue weighted by Crippen LogP contribution is 2.33. The zero-order valence-corrected chi connectivity index (χ0v) is 20.0. The standard InChI is InChI=1S/C22H41N7S/c1-18-10-6-7-16-28(18)17-9-15-25-21(23-2)24-14-8-13-20-26-27-22(30-3)29(20)19-11-4-5-12-19/h18-19H,4-17H2,1-3H3,(H2,23,24,25). The largest absolute Gasteiger partial charge is 0.356 e. The van der Waals surface area contributed by atoms with Gasteiger partial charge < -0.3 is 20.1 Å². The Morgan fingerprint density at radius 3 is 2.50 bits per heavy atom. The minimum absolute atomic E-state index is 0.600. The molecule has 8 heteroatoms. The van der Waals surface area contributed by atoms with E-state index in [9.17, 15) is 0 Å². The zero-order valence-electron chi connectivity index (χ0n) is 19.2. The number of nitrogens with one attached hydrogen (secondary N) is 2. The van der Waals surface area contributed by atoms with Crippen molar-refractivity contribution in [3.05, 3.63) is 5.82 Å². The van der Waals surface area contributed by atoms with E-state index >= 15 is 0 Å². The van der Waals surface area contributed by atoms with Gasteiger partial charge in [0.1, 0.15) is 5.82 Å². The van der Waals surface area contributed by atoms with Crippen LogP contribution in [0.1, 0.15) is 76.6 Å². The van der Waals surface area contributed by atoms with Crippen LogP contribution in [0.2, 0.25) is 0 Å². The van der Waals surface area contributed by atoms with E-state index in [0.717, 1.165) is 55.3 Å². The fourth-order valence-electron chi connectivity index (χ4n) is 4.80. The zero-order chi connectivity index (χ0) is 21.2. The summed E-state index contributed by atoms with van der Waals surface area (Å²) in [6, 6.07) is 1.34. The first-order valence-electron chi connectivity index (χ1n) is 11.9. The third-order valence-electron chi connectivity index (χ3n) is 6.56. The van der Waals surface area contributed by atoms with Crippen LogP contribution in [0, 0.1) is 0 Å². The molecule has 170 valence electrons. The molecule has 0 spiro atoms. The molecule has 1 saturated carbocycles. The normalized spacial score (nSPS) is 21.3. The first kappa shape index (κ1) is 23.4. The van der Waals surface area contributed by atoms with Crippen LogP contribution >= 0.6 is 11.8 Å². The Morgan fingerprint density at radius 2 is 1.80 bits per heavy atom. The van der Waals surface area contributed by atoms with Gasteiger partial charge in [-0.05, 0) is 58.2 Å². The summed E-state index contributed by atoms with van der Waals surface area (Å²) in [5.41, 5.74) is 0. The van der Waals surface area contributed by atoms with E-state index in [1.807, 2.05) is 7.05 Å². The second-order valence-corrected chi connectivity index (χ2v) is 9.45. The van der Waals surface area contributed by atoms with Crippen molar-refractivity contribution < 1.29 is 0 Å². The lowest BCUT2D eigenvalue weighted by molar-refractivity contribution is 0.159.